The zero-order valence-corrected chi connectivity index (χ0v) is 10.6. The van der Waals surface area contributed by atoms with Crippen molar-refractivity contribution in [3.05, 3.63) is 23.8 Å². The Morgan fingerprint density at radius 3 is 3.13 bits per heavy atom. The number of nitrogens with one attached hydrogen (secondary N) is 1. The summed E-state index contributed by atoms with van der Waals surface area (Å²) in [6, 6.07) is 0. The summed E-state index contributed by atoms with van der Waals surface area (Å²) in [5, 5.41) is 0. The van der Waals surface area contributed by atoms with E-state index in [2.05, 4.69) is 44.6 Å². The van der Waals surface area contributed by atoms with Gasteiger partial charge in [-0.1, -0.05) is 18.2 Å². The highest BCUT2D eigenvalue weighted by Crippen LogP contribution is 2.31. The van der Waals surface area contributed by atoms with Crippen molar-refractivity contribution in [2.24, 2.45) is 5.92 Å². The molecule has 1 saturated heterocycles. The first-order chi connectivity index (χ1) is 7.31. The Morgan fingerprint density at radius 1 is 1.60 bits per heavy atom. The van der Waals surface area contributed by atoms with Gasteiger partial charge in [-0.05, 0) is 18.4 Å². The third-order valence-electron chi connectivity index (χ3n) is 2.87. The lowest BCUT2D eigenvalue weighted by Gasteiger charge is -2.21. The summed E-state index contributed by atoms with van der Waals surface area (Å²) in [6.07, 6.45) is 8.92. The first-order valence-electron chi connectivity index (χ1n) is 5.20. The summed E-state index contributed by atoms with van der Waals surface area (Å²) in [5.74, 6) is 0.235. The van der Waals surface area contributed by atoms with Gasteiger partial charge in [0.25, 0.3) is 0 Å². The van der Waals surface area contributed by atoms with Gasteiger partial charge in [-0.3, -0.25) is 8.32 Å². The summed E-state index contributed by atoms with van der Waals surface area (Å²) in [5.41, 5.74) is 1.26. The number of rotatable bonds is 3. The number of ether oxygens (including phenoxy) is 1. The number of carbonyl (C=O) groups excluding carboxylic acids is 1. The van der Waals surface area contributed by atoms with E-state index in [9.17, 15) is 4.79 Å². The van der Waals surface area contributed by atoms with Crippen molar-refractivity contribution in [1.29, 1.82) is 0 Å². The number of carbonyl (C=O) groups is 1. The van der Waals surface area contributed by atoms with Gasteiger partial charge in [-0.25, -0.2) is 0 Å². The lowest BCUT2D eigenvalue weighted by Crippen LogP contribution is -2.26. The van der Waals surface area contributed by atoms with Gasteiger partial charge in [0.05, 0.1) is 6.42 Å². The van der Waals surface area contributed by atoms with Crippen molar-refractivity contribution in [3.8, 4) is 0 Å². The van der Waals surface area contributed by atoms with Gasteiger partial charge in [0, 0.05) is 35.3 Å². The average molecular weight is 319 g/mol. The molecule has 3 nitrogen and oxygen atoms in total. The normalized spacial score (nSPS) is 30.2. The molecule has 4 heteroatoms. The second-order valence-electron chi connectivity index (χ2n) is 3.92. The van der Waals surface area contributed by atoms with E-state index in [-0.39, 0.29) is 12.1 Å². The van der Waals surface area contributed by atoms with E-state index >= 15 is 0 Å². The van der Waals surface area contributed by atoms with Crippen LogP contribution in [0.3, 0.4) is 0 Å². The number of esters is 1. The van der Waals surface area contributed by atoms with Crippen molar-refractivity contribution in [1.82, 2.24) is 3.53 Å². The smallest absolute Gasteiger partial charge is 0.306 e. The summed E-state index contributed by atoms with van der Waals surface area (Å²) >= 11 is 2.11. The lowest BCUT2D eigenvalue weighted by atomic mass is 9.90. The standard InChI is InChI=1S/C11H14INO2/c12-13-7-9-6-10(14)15-11(9)8-4-2-1-3-5-8/h1-2,4,9,11,13H,3,5-7H2. The Kier molecular flexibility index (Phi) is 3.80. The van der Waals surface area contributed by atoms with Crippen LogP contribution in [0.25, 0.3) is 0 Å². The monoisotopic (exact) mass is 319 g/mol. The van der Waals surface area contributed by atoms with Crippen molar-refractivity contribution in [2.45, 2.75) is 25.4 Å². The number of hydrogen-bond acceptors (Lipinski definition) is 3. The maximum Gasteiger partial charge on any atom is 0.306 e. The van der Waals surface area contributed by atoms with Gasteiger partial charge in [-0.15, -0.1) is 0 Å². The summed E-state index contributed by atoms with van der Waals surface area (Å²) in [7, 11) is 0. The molecule has 15 heavy (non-hydrogen) atoms. The molecule has 2 atom stereocenters. The van der Waals surface area contributed by atoms with Crippen LogP contribution in [-0.2, 0) is 9.53 Å². The molecule has 1 aliphatic heterocycles. The molecule has 1 heterocycles. The maximum atomic E-state index is 11.3. The molecule has 2 aliphatic rings. The third kappa shape index (κ3) is 2.60. The van der Waals surface area contributed by atoms with E-state index in [1.165, 1.54) is 5.57 Å². The Hall–Kier alpha value is -0.360. The van der Waals surface area contributed by atoms with Gasteiger partial charge in [0.1, 0.15) is 6.10 Å². The predicted octanol–water partition coefficient (Wildman–Crippen LogP) is 2.13. The molecule has 0 aromatic heterocycles. The van der Waals surface area contributed by atoms with Crippen LogP contribution in [0.15, 0.2) is 23.8 Å². The second kappa shape index (κ2) is 5.12. The van der Waals surface area contributed by atoms with Crippen molar-refractivity contribution in [2.75, 3.05) is 6.54 Å². The average Bonchev–Trinajstić information content (AvgIpc) is 2.62. The molecule has 0 bridgehead atoms. The molecule has 0 spiro atoms. The quantitative estimate of drug-likeness (QED) is 0.492. The van der Waals surface area contributed by atoms with E-state index in [1.807, 2.05) is 0 Å². The number of halogens is 1. The highest BCUT2D eigenvalue weighted by atomic mass is 127. The molecular formula is C11H14INO2. The van der Waals surface area contributed by atoms with Crippen molar-refractivity contribution < 1.29 is 9.53 Å². The summed E-state index contributed by atoms with van der Waals surface area (Å²) in [6.45, 7) is 0.831. The molecule has 2 unspecified atom stereocenters. The Bertz CT molecular complexity index is 312. The van der Waals surface area contributed by atoms with E-state index in [0.717, 1.165) is 19.4 Å². The van der Waals surface area contributed by atoms with E-state index in [4.69, 9.17) is 4.74 Å². The molecule has 0 aromatic carbocycles. The van der Waals surface area contributed by atoms with Crippen LogP contribution in [0.1, 0.15) is 19.3 Å². The molecule has 1 fully saturated rings. The Labute approximate surface area is 103 Å². The summed E-state index contributed by atoms with van der Waals surface area (Å²) in [4.78, 5) is 11.3. The van der Waals surface area contributed by atoms with Crippen LogP contribution >= 0.6 is 22.9 Å². The van der Waals surface area contributed by atoms with Crippen LogP contribution in [-0.4, -0.2) is 18.6 Å². The van der Waals surface area contributed by atoms with Crippen molar-refractivity contribution in [3.63, 3.8) is 0 Å². The van der Waals surface area contributed by atoms with E-state index < -0.39 is 0 Å². The molecular weight excluding hydrogens is 305 g/mol. The fraction of sp³-hybridized carbons (Fsp3) is 0.545. The minimum atomic E-state index is -0.0629. The molecule has 0 aromatic rings. The Morgan fingerprint density at radius 2 is 2.47 bits per heavy atom. The van der Waals surface area contributed by atoms with E-state index in [0.29, 0.717) is 12.3 Å². The van der Waals surface area contributed by atoms with Crippen LogP contribution in [0.4, 0.5) is 0 Å². The fourth-order valence-electron chi connectivity index (χ4n) is 2.12. The number of allylic oxidation sites excluding steroid dienone is 3. The SMILES string of the molecule is O=C1CC(CNI)C(C2=CC=CCC2)O1. The van der Waals surface area contributed by atoms with Crippen molar-refractivity contribution >= 4 is 28.8 Å². The lowest BCUT2D eigenvalue weighted by molar-refractivity contribution is -0.140. The van der Waals surface area contributed by atoms with Gasteiger partial charge in [-0.2, -0.15) is 0 Å². The molecule has 1 N–H and O–H groups in total. The molecule has 0 amide bonds. The predicted molar refractivity (Wildman–Crippen MR) is 66.5 cm³/mol. The minimum absolute atomic E-state index is 0.00437. The maximum absolute atomic E-state index is 11.3. The largest absolute Gasteiger partial charge is 0.457 e. The van der Waals surface area contributed by atoms with Crippen LogP contribution in [0, 0.1) is 5.92 Å². The van der Waals surface area contributed by atoms with Crippen LogP contribution in [0.2, 0.25) is 0 Å². The number of cyclic esters (lactones) is 1. The second-order valence-corrected chi connectivity index (χ2v) is 4.68. The molecule has 82 valence electrons. The third-order valence-corrected chi connectivity index (χ3v) is 3.31. The highest BCUT2D eigenvalue weighted by molar-refractivity contribution is 14.1. The summed E-state index contributed by atoms with van der Waals surface area (Å²) < 4.78 is 8.47. The zero-order chi connectivity index (χ0) is 10.7. The first-order valence-corrected chi connectivity index (χ1v) is 6.27. The topological polar surface area (TPSA) is 38.3 Å². The number of hydrogen-bond donors (Lipinski definition) is 1. The van der Waals surface area contributed by atoms with Gasteiger partial charge < -0.3 is 4.74 Å². The van der Waals surface area contributed by atoms with Gasteiger partial charge in [0.15, 0.2) is 0 Å². The molecule has 2 rings (SSSR count). The van der Waals surface area contributed by atoms with Gasteiger partial charge >= 0.3 is 5.97 Å². The molecule has 0 radical (unpaired) electrons. The Balaban J connectivity index is 2.08. The van der Waals surface area contributed by atoms with E-state index in [1.54, 1.807) is 0 Å². The fourth-order valence-corrected chi connectivity index (χ4v) is 2.69. The first kappa shape index (κ1) is 11.1. The molecule has 0 saturated carbocycles. The van der Waals surface area contributed by atoms with Gasteiger partial charge in [0.2, 0.25) is 0 Å². The molecule has 1 aliphatic carbocycles. The van der Waals surface area contributed by atoms with Crippen LogP contribution < -0.4 is 3.53 Å². The minimum Gasteiger partial charge on any atom is -0.457 e. The zero-order valence-electron chi connectivity index (χ0n) is 8.41. The van der Waals surface area contributed by atoms with Crippen LogP contribution in [0.5, 0.6) is 0 Å². The highest BCUT2D eigenvalue weighted by Gasteiger charge is 2.36.